The van der Waals surface area contributed by atoms with Crippen LogP contribution in [0.4, 0.5) is 0 Å². The Bertz CT molecular complexity index is 880. The van der Waals surface area contributed by atoms with Crippen molar-refractivity contribution in [3.05, 3.63) is 108 Å². The second kappa shape index (κ2) is 6.95. The Morgan fingerprint density at radius 3 is 2.00 bits per heavy atom. The van der Waals surface area contributed by atoms with E-state index in [2.05, 4.69) is 95.9 Å². The number of fused-ring (bicyclic) bond motifs is 1. The first-order chi connectivity index (χ1) is 13.4. The average molecular weight is 355 g/mol. The van der Waals surface area contributed by atoms with Gasteiger partial charge in [-0.05, 0) is 29.0 Å². The maximum Gasteiger partial charge on any atom is 0.149 e. The lowest BCUT2D eigenvalue weighted by atomic mass is 9.76. The molecule has 0 aromatic heterocycles. The van der Waals surface area contributed by atoms with Gasteiger partial charge in [0.25, 0.3) is 0 Å². The van der Waals surface area contributed by atoms with Crippen molar-refractivity contribution in [3.8, 4) is 0 Å². The molecule has 2 aliphatic heterocycles. The molecule has 5 rings (SSSR count). The summed E-state index contributed by atoms with van der Waals surface area (Å²) in [4.78, 5) is 2.61. The number of ether oxygens (including phenoxy) is 1. The van der Waals surface area contributed by atoms with Gasteiger partial charge in [-0.3, -0.25) is 4.90 Å². The molecular weight excluding hydrogens is 330 g/mol. The highest BCUT2D eigenvalue weighted by atomic mass is 16.5. The van der Waals surface area contributed by atoms with Gasteiger partial charge >= 0.3 is 0 Å². The fourth-order valence-electron chi connectivity index (χ4n) is 5.01. The van der Waals surface area contributed by atoms with Crippen molar-refractivity contribution < 1.29 is 4.74 Å². The molecule has 0 spiro atoms. The molecule has 2 saturated heterocycles. The molecule has 0 aliphatic carbocycles. The quantitative estimate of drug-likeness (QED) is 0.616. The van der Waals surface area contributed by atoms with E-state index in [-0.39, 0.29) is 5.72 Å². The Kier molecular flexibility index (Phi) is 4.31. The Hall–Kier alpha value is -2.42. The summed E-state index contributed by atoms with van der Waals surface area (Å²) < 4.78 is 6.56. The van der Waals surface area contributed by atoms with Crippen LogP contribution in [-0.2, 0) is 10.5 Å². The van der Waals surface area contributed by atoms with Crippen LogP contribution >= 0.6 is 0 Å². The predicted molar refractivity (Wildman–Crippen MR) is 108 cm³/mol. The summed E-state index contributed by atoms with van der Waals surface area (Å²) in [7, 11) is 0. The predicted octanol–water partition coefficient (Wildman–Crippen LogP) is 5.49. The zero-order valence-corrected chi connectivity index (χ0v) is 15.5. The van der Waals surface area contributed by atoms with Crippen molar-refractivity contribution in [2.24, 2.45) is 0 Å². The fourth-order valence-corrected chi connectivity index (χ4v) is 5.01. The zero-order chi connectivity index (χ0) is 18.1. The molecule has 2 fully saturated rings. The molecule has 0 N–H and O–H groups in total. The van der Waals surface area contributed by atoms with Gasteiger partial charge in [-0.25, -0.2) is 0 Å². The number of piperidine rings is 1. The Labute approximate surface area is 161 Å². The lowest BCUT2D eigenvalue weighted by Crippen LogP contribution is -2.49. The molecule has 3 aromatic carbocycles. The molecule has 136 valence electrons. The molecule has 2 heteroatoms. The van der Waals surface area contributed by atoms with Crippen molar-refractivity contribution in [1.82, 2.24) is 4.90 Å². The van der Waals surface area contributed by atoms with E-state index in [0.29, 0.717) is 12.0 Å². The maximum atomic E-state index is 6.56. The molecule has 2 heterocycles. The third-order valence-corrected chi connectivity index (χ3v) is 6.22. The molecule has 3 atom stereocenters. The normalized spacial score (nSPS) is 28.0. The van der Waals surface area contributed by atoms with E-state index >= 15 is 0 Å². The van der Waals surface area contributed by atoms with Gasteiger partial charge in [0.2, 0.25) is 0 Å². The minimum atomic E-state index is -0.333. The fraction of sp³-hybridized carbons (Fsp3) is 0.280. The second-order valence-electron chi connectivity index (χ2n) is 7.67. The molecule has 0 amide bonds. The van der Waals surface area contributed by atoms with E-state index < -0.39 is 0 Å². The van der Waals surface area contributed by atoms with Gasteiger partial charge in [-0.2, -0.15) is 0 Å². The zero-order valence-electron chi connectivity index (χ0n) is 15.5. The van der Waals surface area contributed by atoms with Gasteiger partial charge in [0, 0.05) is 19.0 Å². The van der Waals surface area contributed by atoms with E-state index in [1.807, 2.05) is 0 Å². The van der Waals surface area contributed by atoms with Crippen LogP contribution in [-0.4, -0.2) is 18.1 Å². The summed E-state index contributed by atoms with van der Waals surface area (Å²) in [5, 5.41) is 0. The van der Waals surface area contributed by atoms with Gasteiger partial charge < -0.3 is 4.74 Å². The summed E-state index contributed by atoms with van der Waals surface area (Å²) in [6, 6.07) is 33.1. The number of nitrogens with zero attached hydrogens (tertiary/aromatic N) is 1. The molecule has 0 saturated carbocycles. The van der Waals surface area contributed by atoms with Gasteiger partial charge in [0.1, 0.15) is 5.72 Å². The Morgan fingerprint density at radius 2 is 1.33 bits per heavy atom. The minimum absolute atomic E-state index is 0.333. The second-order valence-corrected chi connectivity index (χ2v) is 7.67. The van der Waals surface area contributed by atoms with Gasteiger partial charge in [-0.1, -0.05) is 91.0 Å². The standard InChI is InChI=1S/C25H25NO/c1-4-10-20(11-5-1)22-18-24(21-12-6-2-7-13-21)26-16-17-27-25(26,19-22)23-14-8-3-9-15-23/h1-15,22,24H,16-19H2. The highest BCUT2D eigenvalue weighted by Crippen LogP contribution is 2.53. The minimum Gasteiger partial charge on any atom is -0.355 e. The number of hydrogen-bond donors (Lipinski definition) is 0. The first kappa shape index (κ1) is 16.7. The maximum absolute atomic E-state index is 6.56. The first-order valence-electron chi connectivity index (χ1n) is 9.93. The van der Waals surface area contributed by atoms with Crippen LogP contribution in [0.1, 0.15) is 41.5 Å². The summed E-state index contributed by atoms with van der Waals surface area (Å²) in [6.07, 6.45) is 2.14. The van der Waals surface area contributed by atoms with Crippen molar-refractivity contribution in [2.75, 3.05) is 13.2 Å². The Balaban J connectivity index is 1.62. The highest BCUT2D eigenvalue weighted by molar-refractivity contribution is 5.31. The smallest absolute Gasteiger partial charge is 0.149 e. The summed E-state index contributed by atoms with van der Waals surface area (Å²) in [5.41, 5.74) is 3.76. The van der Waals surface area contributed by atoms with Gasteiger partial charge in [0.15, 0.2) is 0 Å². The van der Waals surface area contributed by atoms with Gasteiger partial charge in [0.05, 0.1) is 6.61 Å². The molecule has 3 unspecified atom stereocenters. The van der Waals surface area contributed by atoms with Crippen molar-refractivity contribution in [1.29, 1.82) is 0 Å². The van der Waals surface area contributed by atoms with Crippen molar-refractivity contribution in [2.45, 2.75) is 30.5 Å². The van der Waals surface area contributed by atoms with Crippen LogP contribution in [0, 0.1) is 0 Å². The van der Waals surface area contributed by atoms with Crippen LogP contribution < -0.4 is 0 Å². The molecule has 2 nitrogen and oxygen atoms in total. The molecule has 2 aliphatic rings. The van der Waals surface area contributed by atoms with Gasteiger partial charge in [-0.15, -0.1) is 0 Å². The third kappa shape index (κ3) is 2.90. The van der Waals surface area contributed by atoms with Crippen LogP contribution in [0.2, 0.25) is 0 Å². The Morgan fingerprint density at radius 1 is 0.741 bits per heavy atom. The molecule has 0 bridgehead atoms. The van der Waals surface area contributed by atoms with E-state index in [1.165, 1.54) is 16.7 Å². The molecule has 27 heavy (non-hydrogen) atoms. The monoisotopic (exact) mass is 355 g/mol. The summed E-state index contributed by atoms with van der Waals surface area (Å²) in [5.74, 6) is 0.478. The number of hydrogen-bond acceptors (Lipinski definition) is 2. The molecule has 0 radical (unpaired) electrons. The van der Waals surface area contributed by atoms with Crippen molar-refractivity contribution in [3.63, 3.8) is 0 Å². The highest BCUT2D eigenvalue weighted by Gasteiger charge is 2.52. The lowest BCUT2D eigenvalue weighted by molar-refractivity contribution is -0.139. The SMILES string of the molecule is c1ccc(C2CC(c3ccccc3)N3CCOC3(c3ccccc3)C2)cc1. The van der Waals surface area contributed by atoms with Crippen LogP contribution in [0.25, 0.3) is 0 Å². The number of benzene rings is 3. The van der Waals surface area contributed by atoms with Crippen LogP contribution in [0.15, 0.2) is 91.0 Å². The van der Waals surface area contributed by atoms with Crippen molar-refractivity contribution >= 4 is 0 Å². The first-order valence-corrected chi connectivity index (χ1v) is 9.93. The van der Waals surface area contributed by atoms with E-state index in [4.69, 9.17) is 4.74 Å². The largest absolute Gasteiger partial charge is 0.355 e. The average Bonchev–Trinajstić information content (AvgIpc) is 3.20. The van der Waals surface area contributed by atoms with E-state index in [0.717, 1.165) is 26.0 Å². The van der Waals surface area contributed by atoms with Crippen LogP contribution in [0.5, 0.6) is 0 Å². The summed E-state index contributed by atoms with van der Waals surface area (Å²) >= 11 is 0. The summed E-state index contributed by atoms with van der Waals surface area (Å²) in [6.45, 7) is 1.77. The molecular formula is C25H25NO. The van der Waals surface area contributed by atoms with E-state index in [1.54, 1.807) is 0 Å². The topological polar surface area (TPSA) is 12.5 Å². The lowest BCUT2D eigenvalue weighted by Gasteiger charge is -2.49. The van der Waals surface area contributed by atoms with E-state index in [9.17, 15) is 0 Å². The van der Waals surface area contributed by atoms with Crippen LogP contribution in [0.3, 0.4) is 0 Å². The molecule has 3 aromatic rings. The third-order valence-electron chi connectivity index (χ3n) is 6.22. The number of rotatable bonds is 3.